The maximum Gasteiger partial charge on any atom is 0.307 e. The Balaban J connectivity index is 2.56. The molecule has 0 heterocycles. The standard InChI is InChI=1S/C11H16N2O3/c1-7(2)13(5-3-4-12)10(14)8-6-9(8)11(15)16/h7-9H,3,5-6H2,1-2H3,(H,15,16)/t8-,9+/m1/s1. The molecule has 0 bridgehead atoms. The molecule has 1 aliphatic carbocycles. The van der Waals surface area contributed by atoms with Crippen molar-refractivity contribution in [2.75, 3.05) is 6.54 Å². The smallest absolute Gasteiger partial charge is 0.307 e. The van der Waals surface area contributed by atoms with E-state index in [9.17, 15) is 9.59 Å². The number of rotatable bonds is 5. The summed E-state index contributed by atoms with van der Waals surface area (Å²) in [5.41, 5.74) is 0. The van der Waals surface area contributed by atoms with Crippen molar-refractivity contribution in [3.8, 4) is 6.07 Å². The highest BCUT2D eigenvalue weighted by Gasteiger charge is 2.49. The number of hydrogen-bond acceptors (Lipinski definition) is 3. The molecular weight excluding hydrogens is 208 g/mol. The minimum absolute atomic E-state index is 0.0101. The summed E-state index contributed by atoms with van der Waals surface area (Å²) >= 11 is 0. The lowest BCUT2D eigenvalue weighted by Gasteiger charge is -2.25. The van der Waals surface area contributed by atoms with Gasteiger partial charge in [-0.2, -0.15) is 5.26 Å². The molecule has 1 N–H and O–H groups in total. The first-order valence-electron chi connectivity index (χ1n) is 5.39. The Morgan fingerprint density at radius 1 is 1.50 bits per heavy atom. The fourth-order valence-corrected chi connectivity index (χ4v) is 1.75. The molecule has 2 atom stereocenters. The zero-order chi connectivity index (χ0) is 12.3. The molecule has 0 radical (unpaired) electrons. The van der Waals surface area contributed by atoms with Gasteiger partial charge in [-0.3, -0.25) is 9.59 Å². The Kier molecular flexibility index (Phi) is 3.88. The predicted molar refractivity (Wildman–Crippen MR) is 56.3 cm³/mol. The molecule has 0 aromatic heterocycles. The lowest BCUT2D eigenvalue weighted by atomic mass is 10.2. The Labute approximate surface area is 94.7 Å². The van der Waals surface area contributed by atoms with Crippen LogP contribution in [0.4, 0.5) is 0 Å². The lowest BCUT2D eigenvalue weighted by molar-refractivity contribution is -0.142. The third-order valence-electron chi connectivity index (χ3n) is 2.80. The second kappa shape index (κ2) is 4.97. The summed E-state index contributed by atoms with van der Waals surface area (Å²) in [6.45, 7) is 4.12. The number of carboxylic acid groups (broad SMARTS) is 1. The molecule has 0 aromatic rings. The molecule has 5 heteroatoms. The van der Waals surface area contributed by atoms with Gasteiger partial charge in [-0.1, -0.05) is 0 Å². The van der Waals surface area contributed by atoms with Gasteiger partial charge in [0.25, 0.3) is 0 Å². The van der Waals surface area contributed by atoms with Crippen LogP contribution in [0.25, 0.3) is 0 Å². The van der Waals surface area contributed by atoms with Gasteiger partial charge in [0.2, 0.25) is 5.91 Å². The SMILES string of the molecule is CC(C)N(CCC#N)C(=O)[C@@H]1C[C@@H]1C(=O)O. The van der Waals surface area contributed by atoms with Crippen LogP contribution in [-0.4, -0.2) is 34.5 Å². The Bertz CT molecular complexity index is 333. The first-order valence-corrected chi connectivity index (χ1v) is 5.39. The van der Waals surface area contributed by atoms with Gasteiger partial charge in [0.1, 0.15) is 0 Å². The Hall–Kier alpha value is -1.57. The molecule has 0 aliphatic heterocycles. The highest BCUT2D eigenvalue weighted by molar-refractivity contribution is 5.89. The van der Waals surface area contributed by atoms with Crippen LogP contribution in [-0.2, 0) is 9.59 Å². The third-order valence-corrected chi connectivity index (χ3v) is 2.80. The summed E-state index contributed by atoms with van der Waals surface area (Å²) < 4.78 is 0. The summed E-state index contributed by atoms with van der Waals surface area (Å²) in [6.07, 6.45) is 0.721. The van der Waals surface area contributed by atoms with Crippen LogP contribution in [0.1, 0.15) is 26.7 Å². The van der Waals surface area contributed by atoms with Crippen LogP contribution in [0.15, 0.2) is 0 Å². The summed E-state index contributed by atoms with van der Waals surface area (Å²) in [5.74, 6) is -1.92. The van der Waals surface area contributed by atoms with Crippen LogP contribution in [0.3, 0.4) is 0 Å². The minimum atomic E-state index is -0.901. The van der Waals surface area contributed by atoms with E-state index in [0.717, 1.165) is 0 Å². The van der Waals surface area contributed by atoms with Crippen molar-refractivity contribution in [3.63, 3.8) is 0 Å². The average Bonchev–Trinajstić information content (AvgIpc) is 2.96. The highest BCUT2D eigenvalue weighted by Crippen LogP contribution is 2.40. The number of aliphatic carboxylic acids is 1. The molecule has 1 aliphatic rings. The van der Waals surface area contributed by atoms with E-state index >= 15 is 0 Å². The maximum atomic E-state index is 11.9. The molecule has 0 unspecified atom stereocenters. The Morgan fingerprint density at radius 3 is 2.50 bits per heavy atom. The average molecular weight is 224 g/mol. The fourth-order valence-electron chi connectivity index (χ4n) is 1.75. The molecule has 1 rings (SSSR count). The van der Waals surface area contributed by atoms with Crippen molar-refractivity contribution in [3.05, 3.63) is 0 Å². The van der Waals surface area contributed by atoms with Crippen LogP contribution >= 0.6 is 0 Å². The normalized spacial score (nSPS) is 22.6. The van der Waals surface area contributed by atoms with Gasteiger partial charge in [-0.05, 0) is 20.3 Å². The van der Waals surface area contributed by atoms with Crippen molar-refractivity contribution in [2.45, 2.75) is 32.7 Å². The van der Waals surface area contributed by atoms with E-state index in [0.29, 0.717) is 13.0 Å². The van der Waals surface area contributed by atoms with Crippen LogP contribution < -0.4 is 0 Å². The second-order valence-electron chi connectivity index (χ2n) is 4.32. The summed E-state index contributed by atoms with van der Waals surface area (Å²) in [4.78, 5) is 24.2. The molecule has 1 amide bonds. The quantitative estimate of drug-likeness (QED) is 0.750. The van der Waals surface area contributed by atoms with E-state index in [1.165, 1.54) is 0 Å². The van der Waals surface area contributed by atoms with Gasteiger partial charge in [-0.25, -0.2) is 0 Å². The molecule has 0 spiro atoms. The third kappa shape index (κ3) is 2.72. The van der Waals surface area contributed by atoms with Gasteiger partial charge in [0, 0.05) is 12.6 Å². The maximum absolute atomic E-state index is 11.9. The summed E-state index contributed by atoms with van der Waals surface area (Å²) in [7, 11) is 0. The van der Waals surface area contributed by atoms with Crippen molar-refractivity contribution in [1.82, 2.24) is 4.90 Å². The highest BCUT2D eigenvalue weighted by atomic mass is 16.4. The summed E-state index contributed by atoms with van der Waals surface area (Å²) in [5, 5.41) is 17.2. The monoisotopic (exact) mass is 224 g/mol. The van der Waals surface area contributed by atoms with Gasteiger partial charge in [0.15, 0.2) is 0 Å². The van der Waals surface area contributed by atoms with E-state index in [1.54, 1.807) is 4.90 Å². The molecule has 1 fully saturated rings. The molecule has 88 valence electrons. The predicted octanol–water partition coefficient (Wildman–Crippen LogP) is 0.858. The molecular formula is C11H16N2O3. The van der Waals surface area contributed by atoms with E-state index < -0.39 is 11.9 Å². The number of nitriles is 1. The number of carboxylic acids is 1. The fraction of sp³-hybridized carbons (Fsp3) is 0.727. The van der Waals surface area contributed by atoms with Gasteiger partial charge < -0.3 is 10.0 Å². The van der Waals surface area contributed by atoms with Gasteiger partial charge in [-0.15, -0.1) is 0 Å². The first-order chi connectivity index (χ1) is 7.49. The zero-order valence-corrected chi connectivity index (χ0v) is 9.51. The number of nitrogens with zero attached hydrogens (tertiary/aromatic N) is 2. The first kappa shape index (κ1) is 12.5. The van der Waals surface area contributed by atoms with Crippen molar-refractivity contribution >= 4 is 11.9 Å². The topological polar surface area (TPSA) is 81.4 Å². The van der Waals surface area contributed by atoms with Crippen LogP contribution in [0.5, 0.6) is 0 Å². The minimum Gasteiger partial charge on any atom is -0.481 e. The number of carbonyl (C=O) groups is 2. The van der Waals surface area contributed by atoms with E-state index in [2.05, 4.69) is 0 Å². The number of amides is 1. The molecule has 16 heavy (non-hydrogen) atoms. The van der Waals surface area contributed by atoms with Crippen LogP contribution in [0, 0.1) is 23.2 Å². The molecule has 5 nitrogen and oxygen atoms in total. The zero-order valence-electron chi connectivity index (χ0n) is 9.51. The molecule has 1 saturated carbocycles. The van der Waals surface area contributed by atoms with Gasteiger partial charge >= 0.3 is 5.97 Å². The number of hydrogen-bond donors (Lipinski definition) is 1. The number of carbonyl (C=O) groups excluding carboxylic acids is 1. The van der Waals surface area contributed by atoms with Crippen molar-refractivity contribution in [2.24, 2.45) is 11.8 Å². The molecule has 0 saturated heterocycles. The summed E-state index contributed by atoms with van der Waals surface area (Å²) in [6, 6.07) is 2.00. The van der Waals surface area contributed by atoms with Gasteiger partial charge in [0.05, 0.1) is 24.3 Å². The second-order valence-corrected chi connectivity index (χ2v) is 4.32. The van der Waals surface area contributed by atoms with E-state index in [4.69, 9.17) is 10.4 Å². The van der Waals surface area contributed by atoms with Crippen molar-refractivity contribution in [1.29, 1.82) is 5.26 Å². The Morgan fingerprint density at radius 2 is 2.12 bits per heavy atom. The molecule has 0 aromatic carbocycles. The van der Waals surface area contributed by atoms with E-state index in [1.807, 2.05) is 19.9 Å². The lowest BCUT2D eigenvalue weighted by Crippen LogP contribution is -2.39. The van der Waals surface area contributed by atoms with Crippen molar-refractivity contribution < 1.29 is 14.7 Å². The van der Waals surface area contributed by atoms with Crippen LogP contribution in [0.2, 0.25) is 0 Å². The van der Waals surface area contributed by atoms with E-state index in [-0.39, 0.29) is 24.3 Å². The largest absolute Gasteiger partial charge is 0.481 e.